The Bertz CT molecular complexity index is 3250. The molecule has 0 unspecified atom stereocenters. The Kier molecular flexibility index (Phi) is 9.16. The molecule has 0 spiro atoms. The third kappa shape index (κ3) is 6.38. The standard InChI is InChI=1S/C58H48N4/c1-39-13-9-17-47(35-39)59(48-18-10-14-40(2)36-48)43-25-29-45(30-26-43)61-53-23-7-5-21-51(53)57-55(61)33-34-56-58(57)52-22-6-8-24-54(52)62(56)46-31-27-44(28-32-46)60(49-19-11-15-41(3)37-49)50-20-12-16-42(4)38-50/h5-7,9-23,25-38H,8,24H2,1-4H3. The van der Waals surface area contributed by atoms with Gasteiger partial charge in [0.05, 0.1) is 16.6 Å². The minimum atomic E-state index is 0.987. The lowest BCUT2D eigenvalue weighted by Crippen LogP contribution is -2.10. The van der Waals surface area contributed by atoms with Crippen molar-refractivity contribution in [1.29, 1.82) is 0 Å². The Labute approximate surface area is 363 Å². The number of hydrogen-bond donors (Lipinski definition) is 0. The summed E-state index contributed by atoms with van der Waals surface area (Å²) in [5.74, 6) is 0. The van der Waals surface area contributed by atoms with Gasteiger partial charge in [-0.2, -0.15) is 0 Å². The third-order valence-corrected chi connectivity index (χ3v) is 12.5. The second-order valence-corrected chi connectivity index (χ2v) is 16.9. The third-order valence-electron chi connectivity index (χ3n) is 12.5. The fourth-order valence-electron chi connectivity index (χ4n) is 9.80. The zero-order valence-corrected chi connectivity index (χ0v) is 35.7. The van der Waals surface area contributed by atoms with E-state index in [1.807, 2.05) is 0 Å². The van der Waals surface area contributed by atoms with Gasteiger partial charge in [0.25, 0.3) is 0 Å². The highest BCUT2D eigenvalue weighted by atomic mass is 15.1. The van der Waals surface area contributed by atoms with Gasteiger partial charge in [-0.15, -0.1) is 0 Å². The first-order chi connectivity index (χ1) is 30.4. The molecule has 0 bridgehead atoms. The van der Waals surface area contributed by atoms with E-state index in [0.717, 1.165) is 52.7 Å². The van der Waals surface area contributed by atoms with Crippen LogP contribution in [0.2, 0.25) is 0 Å². The highest BCUT2D eigenvalue weighted by Gasteiger charge is 2.25. The van der Waals surface area contributed by atoms with Gasteiger partial charge in [0.2, 0.25) is 0 Å². The van der Waals surface area contributed by atoms with E-state index in [-0.39, 0.29) is 0 Å². The fourth-order valence-corrected chi connectivity index (χ4v) is 9.80. The van der Waals surface area contributed by atoms with E-state index in [1.54, 1.807) is 0 Å². The molecule has 1 aliphatic rings. The maximum atomic E-state index is 2.52. The number of allylic oxidation sites excluding steroid dienone is 1. The molecule has 0 radical (unpaired) electrons. The van der Waals surface area contributed by atoms with Crippen LogP contribution in [0.1, 0.15) is 39.9 Å². The van der Waals surface area contributed by atoms with Crippen LogP contribution in [0.4, 0.5) is 34.1 Å². The summed E-state index contributed by atoms with van der Waals surface area (Å²) in [5.41, 5.74) is 20.5. The number of hydrogen-bond acceptors (Lipinski definition) is 2. The second kappa shape index (κ2) is 15.2. The molecule has 0 atom stereocenters. The summed E-state index contributed by atoms with van der Waals surface area (Å²) in [6, 6.07) is 66.9. The van der Waals surface area contributed by atoms with Gasteiger partial charge in [0.1, 0.15) is 0 Å². The van der Waals surface area contributed by atoms with Crippen LogP contribution in [0, 0.1) is 27.7 Å². The number of benzene rings is 8. The van der Waals surface area contributed by atoms with Gasteiger partial charge in [0, 0.05) is 72.9 Å². The fraction of sp³-hybridized carbons (Fsp3) is 0.103. The van der Waals surface area contributed by atoms with E-state index in [2.05, 4.69) is 241 Å². The average Bonchev–Trinajstić information content (AvgIpc) is 3.80. The number of fused-ring (bicyclic) bond motifs is 7. The zero-order valence-electron chi connectivity index (χ0n) is 35.7. The van der Waals surface area contributed by atoms with Crippen molar-refractivity contribution in [2.45, 2.75) is 40.5 Å². The van der Waals surface area contributed by atoms with Crippen LogP contribution < -0.4 is 9.80 Å². The van der Waals surface area contributed by atoms with E-state index in [1.165, 1.54) is 71.9 Å². The Balaban J connectivity index is 1.05. The van der Waals surface area contributed by atoms with Gasteiger partial charge in [-0.3, -0.25) is 0 Å². The molecule has 1 aliphatic carbocycles. The summed E-state index contributed by atoms with van der Waals surface area (Å²) in [5, 5.41) is 3.88. The van der Waals surface area contributed by atoms with Gasteiger partial charge in [0.15, 0.2) is 0 Å². The molecule has 300 valence electrons. The molecule has 2 aromatic heterocycles. The zero-order chi connectivity index (χ0) is 41.9. The Morgan fingerprint density at radius 3 is 1.32 bits per heavy atom. The van der Waals surface area contributed by atoms with Crippen LogP contribution in [0.5, 0.6) is 0 Å². The first kappa shape index (κ1) is 37.4. The highest BCUT2D eigenvalue weighted by molar-refractivity contribution is 6.23. The molecule has 8 aromatic carbocycles. The van der Waals surface area contributed by atoms with Gasteiger partial charge in [-0.05, 0) is 178 Å². The molecule has 10 aromatic rings. The first-order valence-electron chi connectivity index (χ1n) is 21.7. The van der Waals surface area contributed by atoms with E-state index < -0.39 is 0 Å². The quantitative estimate of drug-likeness (QED) is 0.152. The number of aryl methyl sites for hydroxylation is 4. The maximum absolute atomic E-state index is 2.52. The molecule has 0 fully saturated rings. The predicted octanol–water partition coefficient (Wildman–Crippen LogP) is 15.9. The molecule has 0 aliphatic heterocycles. The van der Waals surface area contributed by atoms with E-state index in [0.29, 0.717) is 0 Å². The van der Waals surface area contributed by atoms with Gasteiger partial charge in [-0.1, -0.05) is 78.9 Å². The molecular weight excluding hydrogens is 753 g/mol. The van der Waals surface area contributed by atoms with E-state index in [4.69, 9.17) is 0 Å². The Hall–Kier alpha value is -7.56. The SMILES string of the molecule is Cc1cccc(N(c2ccc(-n3c4c(c5c6c7ccccc7n(-c7ccc(N(c8cccc(C)c8)c8cccc(C)c8)cc7)c6ccc53)C=CCC4)cc2)c2cccc(C)c2)c1. The van der Waals surface area contributed by atoms with Crippen LogP contribution in [-0.4, -0.2) is 9.13 Å². The number of para-hydroxylation sites is 1. The van der Waals surface area contributed by atoms with Crippen molar-refractivity contribution in [2.75, 3.05) is 9.80 Å². The molecular formula is C58H48N4. The molecule has 2 heterocycles. The molecule has 4 heteroatoms. The monoisotopic (exact) mass is 800 g/mol. The number of rotatable bonds is 8. The minimum absolute atomic E-state index is 0.987. The topological polar surface area (TPSA) is 16.3 Å². The molecule has 11 rings (SSSR count). The summed E-state index contributed by atoms with van der Waals surface area (Å²) in [4.78, 5) is 4.72. The largest absolute Gasteiger partial charge is 0.313 e. The summed E-state index contributed by atoms with van der Waals surface area (Å²) < 4.78 is 4.97. The lowest BCUT2D eigenvalue weighted by molar-refractivity contribution is 0.888. The highest BCUT2D eigenvalue weighted by Crippen LogP contribution is 2.44. The van der Waals surface area contributed by atoms with Gasteiger partial charge in [-0.25, -0.2) is 0 Å². The summed E-state index contributed by atoms with van der Waals surface area (Å²) in [6.07, 6.45) is 6.73. The van der Waals surface area contributed by atoms with Crippen molar-refractivity contribution in [2.24, 2.45) is 0 Å². The Morgan fingerprint density at radius 1 is 0.387 bits per heavy atom. The lowest BCUT2D eigenvalue weighted by Gasteiger charge is -2.26. The summed E-state index contributed by atoms with van der Waals surface area (Å²) in [7, 11) is 0. The minimum Gasteiger partial charge on any atom is -0.313 e. The van der Waals surface area contributed by atoms with Crippen LogP contribution in [0.3, 0.4) is 0 Å². The average molecular weight is 801 g/mol. The normalized spacial score (nSPS) is 12.3. The molecule has 0 amide bonds. The number of anilines is 6. The number of aromatic nitrogens is 2. The molecule has 0 N–H and O–H groups in total. The first-order valence-corrected chi connectivity index (χ1v) is 21.7. The molecule has 4 nitrogen and oxygen atoms in total. The van der Waals surface area contributed by atoms with Crippen LogP contribution in [0.15, 0.2) is 188 Å². The molecule has 0 saturated heterocycles. The van der Waals surface area contributed by atoms with E-state index >= 15 is 0 Å². The molecule has 0 saturated carbocycles. The van der Waals surface area contributed by atoms with Gasteiger partial charge >= 0.3 is 0 Å². The van der Waals surface area contributed by atoms with Crippen molar-refractivity contribution in [1.82, 2.24) is 9.13 Å². The smallest absolute Gasteiger partial charge is 0.0548 e. The van der Waals surface area contributed by atoms with Crippen LogP contribution in [-0.2, 0) is 6.42 Å². The van der Waals surface area contributed by atoms with Crippen molar-refractivity contribution in [3.05, 3.63) is 222 Å². The predicted molar refractivity (Wildman–Crippen MR) is 263 cm³/mol. The van der Waals surface area contributed by atoms with Crippen molar-refractivity contribution in [3.8, 4) is 11.4 Å². The molecule has 62 heavy (non-hydrogen) atoms. The summed E-state index contributed by atoms with van der Waals surface area (Å²) >= 11 is 0. The lowest BCUT2D eigenvalue weighted by atomic mass is 9.99. The number of nitrogens with zero attached hydrogens (tertiary/aromatic N) is 4. The summed E-state index contributed by atoms with van der Waals surface area (Å²) in [6.45, 7) is 8.64. The van der Waals surface area contributed by atoms with Crippen molar-refractivity contribution in [3.63, 3.8) is 0 Å². The van der Waals surface area contributed by atoms with Crippen LogP contribution >= 0.6 is 0 Å². The van der Waals surface area contributed by atoms with Crippen molar-refractivity contribution < 1.29 is 0 Å². The maximum Gasteiger partial charge on any atom is 0.0548 e. The van der Waals surface area contributed by atoms with Gasteiger partial charge < -0.3 is 18.9 Å². The van der Waals surface area contributed by atoms with Crippen molar-refractivity contribution >= 4 is 72.9 Å². The van der Waals surface area contributed by atoms with E-state index in [9.17, 15) is 0 Å². The van der Waals surface area contributed by atoms with Crippen LogP contribution in [0.25, 0.3) is 50.2 Å². The second-order valence-electron chi connectivity index (χ2n) is 16.9. The Morgan fingerprint density at radius 2 is 0.839 bits per heavy atom.